The van der Waals surface area contributed by atoms with Gasteiger partial charge in [-0.05, 0) is 70.0 Å². The van der Waals surface area contributed by atoms with E-state index in [0.29, 0.717) is 28.8 Å². The molecule has 0 bridgehead atoms. The summed E-state index contributed by atoms with van der Waals surface area (Å²) in [4.78, 5) is 22.3. The van der Waals surface area contributed by atoms with Gasteiger partial charge in [0.25, 0.3) is 5.56 Å². The van der Waals surface area contributed by atoms with Gasteiger partial charge in [-0.3, -0.25) is 4.79 Å². The van der Waals surface area contributed by atoms with Crippen molar-refractivity contribution in [2.75, 3.05) is 17.2 Å². The van der Waals surface area contributed by atoms with Gasteiger partial charge < -0.3 is 20.3 Å². The molecule has 0 saturated heterocycles. The molecule has 0 unspecified atom stereocenters. The number of hydrogen-bond donors (Lipinski definition) is 3. The van der Waals surface area contributed by atoms with E-state index >= 15 is 0 Å². The van der Waals surface area contributed by atoms with Crippen LogP contribution in [0.3, 0.4) is 0 Å². The van der Waals surface area contributed by atoms with Gasteiger partial charge in [0, 0.05) is 24.5 Å². The van der Waals surface area contributed by atoms with Gasteiger partial charge in [-0.15, -0.1) is 0 Å². The van der Waals surface area contributed by atoms with Crippen molar-refractivity contribution in [2.24, 2.45) is 10.9 Å². The Bertz CT molecular complexity index is 1100. The minimum atomic E-state index is -0.294. The Hall–Kier alpha value is -2.93. The van der Waals surface area contributed by atoms with E-state index in [1.807, 2.05) is 32.9 Å². The zero-order chi connectivity index (χ0) is 24.0. The summed E-state index contributed by atoms with van der Waals surface area (Å²) >= 11 is 0. The molecule has 1 aliphatic rings. The highest BCUT2D eigenvalue weighted by molar-refractivity contribution is 6.05. The maximum atomic E-state index is 13.1. The molecule has 1 aliphatic carbocycles. The average Bonchev–Trinajstić information content (AvgIpc) is 2.75. The Morgan fingerprint density at radius 3 is 2.70 bits per heavy atom. The predicted octanol–water partition coefficient (Wildman–Crippen LogP) is 5.08. The van der Waals surface area contributed by atoms with Crippen LogP contribution in [0.4, 0.5) is 11.6 Å². The number of rotatable bonds is 7. The lowest BCUT2D eigenvalue weighted by molar-refractivity contribution is 0.274. The Labute approximate surface area is 196 Å². The standard InChI is InChI=1S/C26H37N5O2/c1-6-27-21(16-18(2)19-10-8-7-9-11-19)28-22-17-20-12-13-31(14-15-32)25(33)23(20)24(29-22)30-26(3,4)5/h6,12-13,16-17,19,32H,1,7-11,14-15H2,2-5H3,(H2,27,28,29,30)/b18-16+. The maximum absolute atomic E-state index is 13.1. The van der Waals surface area contributed by atoms with Crippen LogP contribution < -0.4 is 16.2 Å². The third-order valence-corrected chi connectivity index (χ3v) is 5.89. The molecule has 178 valence electrons. The van der Waals surface area contributed by atoms with Crippen molar-refractivity contribution >= 4 is 28.2 Å². The second kappa shape index (κ2) is 10.8. The molecule has 0 spiro atoms. The molecule has 3 N–H and O–H groups in total. The summed E-state index contributed by atoms with van der Waals surface area (Å²) in [6.07, 6.45) is 11.6. The summed E-state index contributed by atoms with van der Waals surface area (Å²) < 4.78 is 1.51. The van der Waals surface area contributed by atoms with Crippen molar-refractivity contribution in [3.8, 4) is 0 Å². The Kier molecular flexibility index (Phi) is 8.08. The van der Waals surface area contributed by atoms with Crippen LogP contribution in [-0.2, 0) is 6.54 Å². The number of hydrogen-bond acceptors (Lipinski definition) is 5. The Morgan fingerprint density at radius 1 is 1.33 bits per heavy atom. The number of nitrogens with one attached hydrogen (secondary N) is 2. The minimum Gasteiger partial charge on any atom is -0.395 e. The number of aliphatic imine (C=N–C) groups is 1. The molecule has 0 aliphatic heterocycles. The molecule has 2 heterocycles. The van der Waals surface area contributed by atoms with E-state index < -0.39 is 0 Å². The summed E-state index contributed by atoms with van der Waals surface area (Å²) in [6, 6.07) is 3.73. The summed E-state index contributed by atoms with van der Waals surface area (Å²) in [5.74, 6) is 2.37. The predicted molar refractivity (Wildman–Crippen MR) is 138 cm³/mol. The average molecular weight is 452 g/mol. The largest absolute Gasteiger partial charge is 0.395 e. The van der Waals surface area contributed by atoms with Crippen LogP contribution in [0.5, 0.6) is 0 Å². The molecule has 2 aromatic rings. The molecule has 0 radical (unpaired) electrons. The third kappa shape index (κ3) is 6.54. The van der Waals surface area contributed by atoms with Crippen molar-refractivity contribution in [3.05, 3.63) is 53.1 Å². The summed E-state index contributed by atoms with van der Waals surface area (Å²) in [5.41, 5.74) is 0.835. The lowest BCUT2D eigenvalue weighted by Crippen LogP contribution is -2.29. The first kappa shape index (κ1) is 24.7. The summed E-state index contributed by atoms with van der Waals surface area (Å²) in [5, 5.41) is 17.3. The molecule has 7 nitrogen and oxygen atoms in total. The molecule has 0 amide bonds. The zero-order valence-electron chi connectivity index (χ0n) is 20.3. The molecule has 33 heavy (non-hydrogen) atoms. The van der Waals surface area contributed by atoms with Gasteiger partial charge in [0.15, 0.2) is 0 Å². The molecule has 1 saturated carbocycles. The van der Waals surface area contributed by atoms with E-state index in [0.717, 1.165) is 5.39 Å². The first-order valence-electron chi connectivity index (χ1n) is 11.8. The van der Waals surface area contributed by atoms with E-state index in [1.54, 1.807) is 6.20 Å². The number of allylic oxidation sites excluding steroid dienone is 1. The number of fused-ring (bicyclic) bond motifs is 1. The van der Waals surface area contributed by atoms with Crippen LogP contribution in [0.2, 0.25) is 0 Å². The molecular weight excluding hydrogens is 414 g/mol. The quantitative estimate of drug-likeness (QED) is 0.403. The van der Waals surface area contributed by atoms with Gasteiger partial charge in [-0.2, -0.15) is 0 Å². The van der Waals surface area contributed by atoms with E-state index in [-0.39, 0.29) is 24.2 Å². The number of nitrogens with zero attached hydrogens (tertiary/aromatic N) is 3. The second-order valence-corrected chi connectivity index (χ2v) is 9.78. The topological polar surface area (TPSA) is 91.5 Å². The van der Waals surface area contributed by atoms with Crippen molar-refractivity contribution in [3.63, 3.8) is 0 Å². The SMILES string of the molecule is C=CN=C(/C=C(\C)C1CCCCC1)Nc1cc2ccn(CCO)c(=O)c2c(NC(C)(C)C)n1. The zero-order valence-corrected chi connectivity index (χ0v) is 20.3. The van der Waals surface area contributed by atoms with Gasteiger partial charge in [-0.25, -0.2) is 9.98 Å². The molecule has 3 rings (SSSR count). The minimum absolute atomic E-state index is 0.103. The van der Waals surface area contributed by atoms with Crippen molar-refractivity contribution in [1.82, 2.24) is 9.55 Å². The van der Waals surface area contributed by atoms with E-state index in [1.165, 1.54) is 48.4 Å². The van der Waals surface area contributed by atoms with Gasteiger partial charge in [0.2, 0.25) is 0 Å². The number of pyridine rings is 2. The number of aliphatic hydroxyl groups excluding tert-OH is 1. The second-order valence-electron chi connectivity index (χ2n) is 9.78. The number of anilines is 2. The molecular formula is C26H37N5O2. The van der Waals surface area contributed by atoms with Crippen LogP contribution in [0, 0.1) is 5.92 Å². The Balaban J connectivity index is 2.02. The maximum Gasteiger partial charge on any atom is 0.262 e. The fraction of sp³-hybridized carbons (Fsp3) is 0.500. The van der Waals surface area contributed by atoms with Crippen LogP contribution >= 0.6 is 0 Å². The van der Waals surface area contributed by atoms with Crippen LogP contribution in [0.25, 0.3) is 10.8 Å². The highest BCUT2D eigenvalue weighted by Gasteiger charge is 2.18. The van der Waals surface area contributed by atoms with Gasteiger partial charge in [-0.1, -0.05) is 31.4 Å². The first-order valence-corrected chi connectivity index (χ1v) is 11.8. The van der Waals surface area contributed by atoms with E-state index in [4.69, 9.17) is 4.98 Å². The third-order valence-electron chi connectivity index (χ3n) is 5.89. The molecule has 7 heteroatoms. The van der Waals surface area contributed by atoms with Crippen LogP contribution in [0.1, 0.15) is 59.8 Å². The molecule has 0 atom stereocenters. The fourth-order valence-electron chi connectivity index (χ4n) is 4.32. The van der Waals surface area contributed by atoms with Crippen molar-refractivity contribution in [2.45, 2.75) is 71.9 Å². The van der Waals surface area contributed by atoms with Crippen molar-refractivity contribution < 1.29 is 5.11 Å². The molecule has 2 aromatic heterocycles. The van der Waals surface area contributed by atoms with Gasteiger partial charge in [0.05, 0.1) is 12.0 Å². The highest BCUT2D eigenvalue weighted by atomic mass is 16.3. The van der Waals surface area contributed by atoms with Gasteiger partial charge >= 0.3 is 0 Å². The van der Waals surface area contributed by atoms with E-state index in [2.05, 4.69) is 35.2 Å². The first-order chi connectivity index (χ1) is 15.7. The lowest BCUT2D eigenvalue weighted by atomic mass is 9.84. The summed E-state index contributed by atoms with van der Waals surface area (Å²) in [7, 11) is 0. The van der Waals surface area contributed by atoms with Crippen LogP contribution in [0.15, 0.2) is 52.5 Å². The fourth-order valence-corrected chi connectivity index (χ4v) is 4.32. The lowest BCUT2D eigenvalue weighted by Gasteiger charge is -2.24. The number of aromatic nitrogens is 2. The van der Waals surface area contributed by atoms with Gasteiger partial charge in [0.1, 0.15) is 17.5 Å². The van der Waals surface area contributed by atoms with Crippen LogP contribution in [-0.4, -0.2) is 32.6 Å². The monoisotopic (exact) mass is 451 g/mol. The van der Waals surface area contributed by atoms with E-state index in [9.17, 15) is 9.90 Å². The summed E-state index contributed by atoms with van der Waals surface area (Å²) in [6.45, 7) is 12.1. The van der Waals surface area contributed by atoms with Crippen molar-refractivity contribution in [1.29, 1.82) is 0 Å². The Morgan fingerprint density at radius 2 is 2.06 bits per heavy atom. The highest BCUT2D eigenvalue weighted by Crippen LogP contribution is 2.30. The normalized spacial score (nSPS) is 16.2. The molecule has 1 fully saturated rings. The molecule has 0 aromatic carbocycles. The number of amidine groups is 1. The smallest absolute Gasteiger partial charge is 0.262 e. The number of aliphatic hydroxyl groups is 1.